The van der Waals surface area contributed by atoms with E-state index in [2.05, 4.69) is 5.32 Å². The molecule has 0 spiro atoms. The lowest BCUT2D eigenvalue weighted by atomic mass is 10.0. The molecule has 1 aromatic carbocycles. The van der Waals surface area contributed by atoms with Crippen LogP contribution in [0.25, 0.3) is 0 Å². The fourth-order valence-electron chi connectivity index (χ4n) is 1.67. The van der Waals surface area contributed by atoms with Crippen LogP contribution in [0.5, 0.6) is 0 Å². The average Bonchev–Trinajstić information content (AvgIpc) is 2.32. The minimum atomic E-state index is -0.782. The molecule has 0 aliphatic heterocycles. The zero-order valence-corrected chi connectivity index (χ0v) is 10.5. The van der Waals surface area contributed by atoms with E-state index in [1.165, 1.54) is 0 Å². The highest BCUT2D eigenvalue weighted by Gasteiger charge is 2.18. The van der Waals surface area contributed by atoms with Gasteiger partial charge in [-0.15, -0.1) is 0 Å². The van der Waals surface area contributed by atoms with Gasteiger partial charge in [0.1, 0.15) is 0 Å². The molecule has 0 bridgehead atoms. The lowest BCUT2D eigenvalue weighted by Gasteiger charge is -2.19. The number of hydrogen-bond donors (Lipinski definition) is 1. The predicted molar refractivity (Wildman–Crippen MR) is 64.0 cm³/mol. The van der Waals surface area contributed by atoms with Crippen LogP contribution in [0.4, 0.5) is 8.78 Å². The summed E-state index contributed by atoms with van der Waals surface area (Å²) in [5.74, 6) is -1.56. The highest BCUT2D eigenvalue weighted by Crippen LogP contribution is 2.22. The standard InChI is InChI=1S/C13H19F2NO/c1-4-16-11(8-17-5-2)10-7-6-9(3)12(14)13(10)15/h6-7,11,16H,4-5,8H2,1-3H3. The van der Waals surface area contributed by atoms with Gasteiger partial charge in [-0.2, -0.15) is 0 Å². The van der Waals surface area contributed by atoms with E-state index in [0.29, 0.717) is 30.9 Å². The Morgan fingerprint density at radius 3 is 2.53 bits per heavy atom. The van der Waals surface area contributed by atoms with Crippen molar-refractivity contribution >= 4 is 0 Å². The second-order valence-electron chi connectivity index (χ2n) is 3.87. The van der Waals surface area contributed by atoms with Crippen molar-refractivity contribution < 1.29 is 13.5 Å². The number of hydrogen-bond acceptors (Lipinski definition) is 2. The van der Waals surface area contributed by atoms with Gasteiger partial charge in [0, 0.05) is 12.2 Å². The van der Waals surface area contributed by atoms with Gasteiger partial charge < -0.3 is 10.1 Å². The van der Waals surface area contributed by atoms with Crippen LogP contribution < -0.4 is 5.32 Å². The van der Waals surface area contributed by atoms with Crippen molar-refractivity contribution in [1.82, 2.24) is 5.32 Å². The molecule has 0 saturated carbocycles. The predicted octanol–water partition coefficient (Wildman–Crippen LogP) is 2.96. The van der Waals surface area contributed by atoms with Crippen molar-refractivity contribution in [2.75, 3.05) is 19.8 Å². The van der Waals surface area contributed by atoms with Crippen molar-refractivity contribution in [2.24, 2.45) is 0 Å². The van der Waals surface area contributed by atoms with Gasteiger partial charge in [0.05, 0.1) is 12.6 Å². The Labute approximate surface area is 101 Å². The summed E-state index contributed by atoms with van der Waals surface area (Å²) < 4.78 is 32.5. The van der Waals surface area contributed by atoms with E-state index >= 15 is 0 Å². The molecule has 0 fully saturated rings. The first-order chi connectivity index (χ1) is 8.11. The van der Waals surface area contributed by atoms with Gasteiger partial charge in [0.2, 0.25) is 0 Å². The summed E-state index contributed by atoms with van der Waals surface area (Å²) in [4.78, 5) is 0. The van der Waals surface area contributed by atoms with Crippen molar-refractivity contribution in [3.8, 4) is 0 Å². The van der Waals surface area contributed by atoms with Crippen molar-refractivity contribution in [3.05, 3.63) is 34.9 Å². The Kier molecular flexibility index (Phi) is 5.51. The molecular weight excluding hydrogens is 224 g/mol. The zero-order chi connectivity index (χ0) is 12.8. The van der Waals surface area contributed by atoms with Crippen molar-refractivity contribution in [2.45, 2.75) is 26.8 Å². The van der Waals surface area contributed by atoms with Crippen LogP contribution in [0.2, 0.25) is 0 Å². The summed E-state index contributed by atoms with van der Waals surface area (Å²) >= 11 is 0. The molecule has 1 unspecified atom stereocenters. The van der Waals surface area contributed by atoms with Gasteiger partial charge in [-0.3, -0.25) is 0 Å². The molecule has 1 rings (SSSR count). The third kappa shape index (κ3) is 3.48. The van der Waals surface area contributed by atoms with Crippen LogP contribution in [-0.4, -0.2) is 19.8 Å². The summed E-state index contributed by atoms with van der Waals surface area (Å²) in [6, 6.07) is 2.89. The van der Waals surface area contributed by atoms with Gasteiger partial charge >= 0.3 is 0 Å². The van der Waals surface area contributed by atoms with Gasteiger partial charge in [0.25, 0.3) is 0 Å². The molecule has 2 nitrogen and oxygen atoms in total. The maximum Gasteiger partial charge on any atom is 0.163 e. The molecule has 17 heavy (non-hydrogen) atoms. The Hall–Kier alpha value is -1.00. The highest BCUT2D eigenvalue weighted by molar-refractivity contribution is 5.28. The molecule has 0 heterocycles. The van der Waals surface area contributed by atoms with E-state index in [1.807, 2.05) is 13.8 Å². The zero-order valence-electron chi connectivity index (χ0n) is 10.5. The van der Waals surface area contributed by atoms with Crippen LogP contribution in [0.15, 0.2) is 12.1 Å². The number of nitrogens with one attached hydrogen (secondary N) is 1. The number of ether oxygens (including phenoxy) is 1. The minimum Gasteiger partial charge on any atom is -0.380 e. The maximum atomic E-state index is 13.8. The largest absolute Gasteiger partial charge is 0.380 e. The number of aryl methyl sites for hydroxylation is 1. The van der Waals surface area contributed by atoms with Gasteiger partial charge in [-0.1, -0.05) is 19.1 Å². The van der Waals surface area contributed by atoms with E-state index in [4.69, 9.17) is 4.74 Å². The monoisotopic (exact) mass is 243 g/mol. The fraction of sp³-hybridized carbons (Fsp3) is 0.538. The lowest BCUT2D eigenvalue weighted by Crippen LogP contribution is -2.26. The minimum absolute atomic E-state index is 0.310. The summed E-state index contributed by atoms with van der Waals surface area (Å²) in [5.41, 5.74) is 0.640. The van der Waals surface area contributed by atoms with Crippen molar-refractivity contribution in [1.29, 1.82) is 0 Å². The Morgan fingerprint density at radius 1 is 1.24 bits per heavy atom. The quantitative estimate of drug-likeness (QED) is 0.829. The number of benzene rings is 1. The van der Waals surface area contributed by atoms with Crippen LogP contribution >= 0.6 is 0 Å². The number of halogens is 2. The van der Waals surface area contributed by atoms with Crippen LogP contribution in [-0.2, 0) is 4.74 Å². The van der Waals surface area contributed by atoms with Crippen LogP contribution in [0.3, 0.4) is 0 Å². The molecule has 0 aliphatic carbocycles. The third-order valence-electron chi connectivity index (χ3n) is 2.62. The summed E-state index contributed by atoms with van der Waals surface area (Å²) in [5, 5.41) is 3.09. The Morgan fingerprint density at radius 2 is 1.94 bits per heavy atom. The lowest BCUT2D eigenvalue weighted by molar-refractivity contribution is 0.122. The van der Waals surface area contributed by atoms with E-state index < -0.39 is 11.6 Å². The molecule has 1 atom stereocenters. The maximum absolute atomic E-state index is 13.8. The molecule has 96 valence electrons. The first kappa shape index (κ1) is 14.1. The second-order valence-corrected chi connectivity index (χ2v) is 3.87. The first-order valence-corrected chi connectivity index (χ1v) is 5.87. The highest BCUT2D eigenvalue weighted by atomic mass is 19.2. The van der Waals surface area contributed by atoms with Crippen molar-refractivity contribution in [3.63, 3.8) is 0 Å². The molecule has 1 aromatic rings. The molecular formula is C13H19F2NO. The number of rotatable bonds is 6. The molecule has 0 aliphatic rings. The van der Waals surface area contributed by atoms with Gasteiger partial charge in [-0.25, -0.2) is 8.78 Å². The first-order valence-electron chi connectivity index (χ1n) is 5.87. The van der Waals surface area contributed by atoms with E-state index in [-0.39, 0.29) is 6.04 Å². The molecule has 1 N–H and O–H groups in total. The third-order valence-corrected chi connectivity index (χ3v) is 2.62. The average molecular weight is 243 g/mol. The number of likely N-dealkylation sites (N-methyl/N-ethyl adjacent to an activating group) is 1. The normalized spacial score (nSPS) is 12.8. The van der Waals surface area contributed by atoms with E-state index in [9.17, 15) is 8.78 Å². The van der Waals surface area contributed by atoms with Crippen LogP contribution in [0, 0.1) is 18.6 Å². The van der Waals surface area contributed by atoms with E-state index in [0.717, 1.165) is 0 Å². The molecule has 4 heteroatoms. The smallest absolute Gasteiger partial charge is 0.163 e. The summed E-state index contributed by atoms with van der Waals surface area (Å²) in [6.07, 6.45) is 0. The Bertz CT molecular complexity index is 369. The van der Waals surface area contributed by atoms with Gasteiger partial charge in [0.15, 0.2) is 11.6 Å². The molecule has 0 radical (unpaired) electrons. The second kappa shape index (κ2) is 6.67. The topological polar surface area (TPSA) is 21.3 Å². The molecule has 0 amide bonds. The summed E-state index contributed by atoms with van der Waals surface area (Å²) in [7, 11) is 0. The fourth-order valence-corrected chi connectivity index (χ4v) is 1.67. The summed E-state index contributed by atoms with van der Waals surface area (Å²) in [6.45, 7) is 6.90. The molecule has 0 aromatic heterocycles. The Balaban J connectivity index is 2.97. The SMILES string of the molecule is CCNC(COCC)c1ccc(C)c(F)c1F. The van der Waals surface area contributed by atoms with Gasteiger partial charge in [-0.05, 0) is 26.0 Å². The van der Waals surface area contributed by atoms with E-state index in [1.54, 1.807) is 19.1 Å². The van der Waals surface area contributed by atoms with Crippen LogP contribution in [0.1, 0.15) is 31.0 Å². The molecule has 0 saturated heterocycles.